The number of hydrogen-bond donors (Lipinski definition) is 1. The highest BCUT2D eigenvalue weighted by molar-refractivity contribution is 5.84. The number of carbonyl (C=O) groups excluding carboxylic acids is 1. The van der Waals surface area contributed by atoms with Gasteiger partial charge in [-0.3, -0.25) is 10.3 Å². The quantitative estimate of drug-likeness (QED) is 0.771. The van der Waals surface area contributed by atoms with Crippen molar-refractivity contribution in [2.75, 3.05) is 5.32 Å². The lowest BCUT2D eigenvalue weighted by Crippen LogP contribution is -3.61. The Bertz CT molecular complexity index is 609. The van der Waals surface area contributed by atoms with Gasteiger partial charge in [0.1, 0.15) is 11.3 Å². The Balaban J connectivity index is 2.12. The summed E-state index contributed by atoms with van der Waals surface area (Å²) in [6.07, 6.45) is 3.05. The molecule has 0 spiro atoms. The van der Waals surface area contributed by atoms with E-state index in [1.807, 2.05) is 51.2 Å². The summed E-state index contributed by atoms with van der Waals surface area (Å²) < 4.78 is 7.63. The fraction of sp³-hybridized carbons (Fsp3) is 0.250. The molecule has 110 valence electrons. The van der Waals surface area contributed by atoms with E-state index in [9.17, 15) is 4.79 Å². The molecule has 5 heteroatoms. The van der Waals surface area contributed by atoms with E-state index in [0.29, 0.717) is 0 Å². The molecule has 0 aliphatic rings. The molecule has 0 aliphatic heterocycles. The molecule has 2 aromatic rings. The first-order valence-electron chi connectivity index (χ1n) is 6.58. The van der Waals surface area contributed by atoms with Crippen molar-refractivity contribution in [2.45, 2.75) is 26.4 Å². The normalized spacial score (nSPS) is 11.0. The van der Waals surface area contributed by atoms with Crippen molar-refractivity contribution < 1.29 is 30.7 Å². The third-order valence-corrected chi connectivity index (χ3v) is 5.13. The van der Waals surface area contributed by atoms with Crippen LogP contribution in [0.3, 0.4) is 0 Å². The van der Waals surface area contributed by atoms with Crippen molar-refractivity contribution in [1.82, 2.24) is 4.98 Å². The number of anilines is 1. The summed E-state index contributed by atoms with van der Waals surface area (Å²) in [5, 5.41) is 2.81. The van der Waals surface area contributed by atoms with Gasteiger partial charge in [0.25, 0.3) is 0 Å². The Labute approximate surface area is 135 Å². The summed E-state index contributed by atoms with van der Waals surface area (Å²) in [5.74, 6) is 0. The summed E-state index contributed by atoms with van der Waals surface area (Å²) in [5.41, 5.74) is 0.266. The maximum absolute atomic E-state index is 11.9. The van der Waals surface area contributed by atoms with E-state index in [1.165, 1.54) is 3.57 Å². The molecule has 1 aromatic carbocycles. The predicted octanol–water partition coefficient (Wildman–Crippen LogP) is 0.557. The van der Waals surface area contributed by atoms with Crippen molar-refractivity contribution in [2.24, 2.45) is 0 Å². The van der Waals surface area contributed by atoms with Gasteiger partial charge in [0, 0.05) is 6.20 Å². The number of amides is 1. The van der Waals surface area contributed by atoms with E-state index in [0.717, 1.165) is 9.26 Å². The number of halogens is 1. The Morgan fingerprint density at radius 2 is 1.90 bits per heavy atom. The Morgan fingerprint density at radius 3 is 2.57 bits per heavy atom. The van der Waals surface area contributed by atoms with Crippen molar-refractivity contribution in [1.29, 1.82) is 0 Å². The van der Waals surface area contributed by atoms with Gasteiger partial charge in [-0.25, -0.2) is 4.79 Å². The SMILES string of the molecule is CC(C)(C)OC(=O)Nc1ccncc1[I+]c1ccccc1. The average Bonchev–Trinajstić information content (AvgIpc) is 2.40. The minimum absolute atomic E-state index is 0.392. The molecule has 0 saturated heterocycles. The molecular formula is C16H18IN2O2+. The molecule has 1 heterocycles. The fourth-order valence-electron chi connectivity index (χ4n) is 1.56. The molecule has 0 fully saturated rings. The number of pyridine rings is 1. The fourth-order valence-corrected chi connectivity index (χ4v) is 3.91. The van der Waals surface area contributed by atoms with Crippen LogP contribution in [0.4, 0.5) is 10.5 Å². The van der Waals surface area contributed by atoms with Crippen LogP contribution in [0.25, 0.3) is 0 Å². The monoisotopic (exact) mass is 397 g/mol. The lowest BCUT2D eigenvalue weighted by Gasteiger charge is -2.19. The van der Waals surface area contributed by atoms with Crippen LogP contribution in [-0.4, -0.2) is 16.7 Å². The third-order valence-electron chi connectivity index (χ3n) is 2.35. The van der Waals surface area contributed by atoms with Crippen molar-refractivity contribution in [3.63, 3.8) is 0 Å². The molecule has 2 rings (SSSR count). The van der Waals surface area contributed by atoms with Crippen LogP contribution in [0.2, 0.25) is 0 Å². The van der Waals surface area contributed by atoms with E-state index in [-0.39, 0.29) is 0 Å². The van der Waals surface area contributed by atoms with Gasteiger partial charge >= 0.3 is 27.3 Å². The minimum atomic E-state index is -0.508. The largest absolute Gasteiger partial charge is 0.444 e. The Kier molecular flexibility index (Phi) is 5.17. The Morgan fingerprint density at radius 1 is 1.19 bits per heavy atom. The zero-order valence-corrected chi connectivity index (χ0v) is 14.4. The van der Waals surface area contributed by atoms with Crippen molar-refractivity contribution in [3.8, 4) is 0 Å². The summed E-state index contributed by atoms with van der Waals surface area (Å²) in [7, 11) is 0. The lowest BCUT2D eigenvalue weighted by atomic mass is 10.2. The first kappa shape index (κ1) is 15.8. The number of nitrogens with one attached hydrogen (secondary N) is 1. The lowest BCUT2D eigenvalue weighted by molar-refractivity contribution is -0.596. The van der Waals surface area contributed by atoms with E-state index in [2.05, 4.69) is 22.4 Å². The highest BCUT2D eigenvalue weighted by atomic mass is 127. The van der Waals surface area contributed by atoms with Gasteiger partial charge in [0.05, 0.1) is 6.20 Å². The van der Waals surface area contributed by atoms with E-state index in [1.54, 1.807) is 6.20 Å². The summed E-state index contributed by atoms with van der Waals surface area (Å²) in [6.45, 7) is 5.53. The molecule has 0 aliphatic carbocycles. The second-order valence-corrected chi connectivity index (χ2v) is 8.32. The number of hydrogen-bond acceptors (Lipinski definition) is 3. The molecule has 0 bridgehead atoms. The van der Waals surface area contributed by atoms with Crippen LogP contribution < -0.4 is 26.5 Å². The second kappa shape index (κ2) is 6.89. The number of carbonyl (C=O) groups is 1. The average molecular weight is 397 g/mol. The molecule has 0 atom stereocenters. The maximum Gasteiger partial charge on any atom is 0.412 e. The molecule has 0 saturated carbocycles. The molecule has 21 heavy (non-hydrogen) atoms. The number of nitrogens with zero attached hydrogens (tertiary/aromatic N) is 1. The van der Waals surface area contributed by atoms with E-state index in [4.69, 9.17) is 4.74 Å². The van der Waals surface area contributed by atoms with E-state index >= 15 is 0 Å². The van der Waals surface area contributed by atoms with Gasteiger partial charge < -0.3 is 4.74 Å². The highest BCUT2D eigenvalue weighted by Crippen LogP contribution is 2.10. The number of benzene rings is 1. The molecule has 0 unspecified atom stereocenters. The van der Waals surface area contributed by atoms with Crippen LogP contribution in [-0.2, 0) is 4.74 Å². The first-order chi connectivity index (χ1) is 9.94. The number of aromatic nitrogens is 1. The van der Waals surface area contributed by atoms with Gasteiger partial charge in [0.2, 0.25) is 3.57 Å². The molecular weight excluding hydrogens is 379 g/mol. The third kappa shape index (κ3) is 5.34. The van der Waals surface area contributed by atoms with E-state index < -0.39 is 32.9 Å². The topological polar surface area (TPSA) is 51.2 Å². The second-order valence-electron chi connectivity index (χ2n) is 5.37. The number of rotatable bonds is 3. The zero-order chi connectivity index (χ0) is 15.3. The van der Waals surface area contributed by atoms with Gasteiger partial charge in [-0.15, -0.1) is 0 Å². The maximum atomic E-state index is 11.9. The van der Waals surface area contributed by atoms with Gasteiger partial charge in [0.15, 0.2) is 3.57 Å². The standard InChI is InChI=1S/C16H17IN2O2/c1-16(2,3)21-15(20)19-14-9-10-18-11-13(14)17-12-7-5-4-6-8-12/h4-11H,1-3H3/p+1. The van der Waals surface area contributed by atoms with Crippen LogP contribution in [0.5, 0.6) is 0 Å². The molecule has 1 N–H and O–H groups in total. The predicted molar refractivity (Wildman–Crippen MR) is 77.9 cm³/mol. The van der Waals surface area contributed by atoms with Crippen LogP contribution in [0, 0.1) is 7.14 Å². The zero-order valence-electron chi connectivity index (χ0n) is 12.3. The van der Waals surface area contributed by atoms with Crippen LogP contribution >= 0.6 is 0 Å². The molecule has 4 nitrogen and oxygen atoms in total. The highest BCUT2D eigenvalue weighted by Gasteiger charge is 2.23. The van der Waals surface area contributed by atoms with Crippen LogP contribution in [0.1, 0.15) is 20.8 Å². The van der Waals surface area contributed by atoms with Gasteiger partial charge in [-0.1, -0.05) is 18.2 Å². The van der Waals surface area contributed by atoms with Gasteiger partial charge in [-0.05, 0) is 39.0 Å². The smallest absolute Gasteiger partial charge is 0.412 e. The number of ether oxygens (including phenoxy) is 1. The summed E-state index contributed by atoms with van der Waals surface area (Å²) >= 11 is -0.392. The first-order valence-corrected chi connectivity index (χ1v) is 8.74. The Hall–Kier alpha value is -1.63. The van der Waals surface area contributed by atoms with Crippen molar-refractivity contribution >= 4 is 11.8 Å². The molecule has 1 aromatic heterocycles. The van der Waals surface area contributed by atoms with Crippen LogP contribution in [0.15, 0.2) is 48.8 Å². The summed E-state index contributed by atoms with van der Waals surface area (Å²) in [4.78, 5) is 16.0. The molecule has 1 amide bonds. The minimum Gasteiger partial charge on any atom is -0.444 e. The molecule has 0 radical (unpaired) electrons. The summed E-state index contributed by atoms with van der Waals surface area (Å²) in [6, 6.07) is 12.0. The van der Waals surface area contributed by atoms with Gasteiger partial charge in [-0.2, -0.15) is 0 Å². The van der Waals surface area contributed by atoms with Crippen molar-refractivity contribution in [3.05, 3.63) is 55.9 Å².